The first kappa shape index (κ1) is 18.3. The van der Waals surface area contributed by atoms with Crippen molar-refractivity contribution in [2.24, 2.45) is 0 Å². The number of aryl methyl sites for hydroxylation is 1. The number of carbonyl (C=O) groups excluding carboxylic acids is 1. The van der Waals surface area contributed by atoms with Crippen LogP contribution in [-0.2, 0) is 6.54 Å². The minimum atomic E-state index is -0.596. The van der Waals surface area contributed by atoms with Crippen molar-refractivity contribution in [2.45, 2.75) is 19.9 Å². The summed E-state index contributed by atoms with van der Waals surface area (Å²) in [5, 5.41) is 19.3. The van der Waals surface area contributed by atoms with E-state index in [1.807, 2.05) is 42.6 Å². The summed E-state index contributed by atoms with van der Waals surface area (Å²) < 4.78 is 5.23. The number of amides is 1. The van der Waals surface area contributed by atoms with Gasteiger partial charge in [-0.2, -0.15) is 4.80 Å². The predicted octanol–water partition coefficient (Wildman–Crippen LogP) is 4.55. The summed E-state index contributed by atoms with van der Waals surface area (Å²) >= 11 is 2.73. The molecule has 0 saturated carbocycles. The van der Waals surface area contributed by atoms with E-state index in [1.54, 1.807) is 16.2 Å². The van der Waals surface area contributed by atoms with Gasteiger partial charge < -0.3 is 4.74 Å². The van der Waals surface area contributed by atoms with E-state index in [1.165, 1.54) is 22.7 Å². The van der Waals surface area contributed by atoms with Gasteiger partial charge in [0.05, 0.1) is 12.2 Å². The minimum absolute atomic E-state index is 0.404. The summed E-state index contributed by atoms with van der Waals surface area (Å²) in [5.41, 5.74) is 1.59. The molecule has 8 nitrogen and oxygen atoms in total. The summed E-state index contributed by atoms with van der Waals surface area (Å²) in [6.45, 7) is 2.73. The van der Waals surface area contributed by atoms with Crippen LogP contribution in [0, 0.1) is 0 Å². The van der Waals surface area contributed by atoms with Crippen molar-refractivity contribution in [1.29, 1.82) is 0 Å². The fourth-order valence-electron chi connectivity index (χ4n) is 2.48. The van der Waals surface area contributed by atoms with Crippen LogP contribution in [0.25, 0.3) is 22.0 Å². The SMILES string of the molecule is CCCn1nnc(-c2sc(NC(=O)Oc3ccsc3)nc2-c2ccccc2)n1. The second-order valence-electron chi connectivity index (χ2n) is 5.75. The molecule has 4 aromatic rings. The van der Waals surface area contributed by atoms with Gasteiger partial charge in [-0.3, -0.25) is 5.32 Å². The third-order valence-corrected chi connectivity index (χ3v) is 5.30. The van der Waals surface area contributed by atoms with E-state index in [2.05, 4.69) is 25.7 Å². The van der Waals surface area contributed by atoms with E-state index < -0.39 is 6.09 Å². The lowest BCUT2D eigenvalue weighted by Crippen LogP contribution is -2.16. The van der Waals surface area contributed by atoms with Gasteiger partial charge in [0.1, 0.15) is 10.6 Å². The van der Waals surface area contributed by atoms with Crippen LogP contribution in [-0.4, -0.2) is 31.3 Å². The van der Waals surface area contributed by atoms with Crippen LogP contribution in [0.5, 0.6) is 5.75 Å². The Kier molecular flexibility index (Phi) is 5.40. The number of benzene rings is 1. The zero-order valence-corrected chi connectivity index (χ0v) is 16.5. The molecule has 0 aliphatic heterocycles. The average Bonchev–Trinajstić information content (AvgIpc) is 3.44. The minimum Gasteiger partial charge on any atom is -0.409 e. The molecule has 28 heavy (non-hydrogen) atoms. The van der Waals surface area contributed by atoms with Crippen LogP contribution in [0.3, 0.4) is 0 Å². The number of tetrazole rings is 1. The summed E-state index contributed by atoms with van der Waals surface area (Å²) in [6, 6.07) is 11.4. The van der Waals surface area contributed by atoms with Crippen molar-refractivity contribution in [2.75, 3.05) is 5.32 Å². The average molecular weight is 413 g/mol. The number of anilines is 1. The Morgan fingerprint density at radius 1 is 1.25 bits per heavy atom. The van der Waals surface area contributed by atoms with Crippen molar-refractivity contribution in [3.8, 4) is 27.7 Å². The molecule has 142 valence electrons. The summed E-state index contributed by atoms with van der Waals surface area (Å²) in [4.78, 5) is 19.0. The van der Waals surface area contributed by atoms with E-state index in [-0.39, 0.29) is 0 Å². The molecule has 0 aliphatic carbocycles. The van der Waals surface area contributed by atoms with Gasteiger partial charge in [0.15, 0.2) is 5.13 Å². The molecule has 4 rings (SSSR count). The van der Waals surface area contributed by atoms with Gasteiger partial charge >= 0.3 is 6.09 Å². The Bertz CT molecular complexity index is 1060. The molecule has 0 atom stereocenters. The first-order valence-electron chi connectivity index (χ1n) is 8.58. The highest BCUT2D eigenvalue weighted by Crippen LogP contribution is 2.37. The molecule has 3 aromatic heterocycles. The number of hydrogen-bond donors (Lipinski definition) is 1. The predicted molar refractivity (Wildman–Crippen MR) is 109 cm³/mol. The normalized spacial score (nSPS) is 10.8. The third kappa shape index (κ3) is 4.07. The third-order valence-electron chi connectivity index (χ3n) is 3.67. The number of thiazole rings is 1. The van der Waals surface area contributed by atoms with E-state index in [0.29, 0.717) is 28.9 Å². The molecule has 0 unspecified atom stereocenters. The quantitative estimate of drug-likeness (QED) is 0.499. The molecule has 3 heterocycles. The molecular formula is C18H16N6O2S2. The highest BCUT2D eigenvalue weighted by atomic mass is 32.1. The molecule has 1 aromatic carbocycles. The number of ether oxygens (including phenoxy) is 1. The fraction of sp³-hybridized carbons (Fsp3) is 0.167. The van der Waals surface area contributed by atoms with Crippen LogP contribution in [0.4, 0.5) is 9.93 Å². The summed E-state index contributed by atoms with van der Waals surface area (Å²) in [5.74, 6) is 0.968. The van der Waals surface area contributed by atoms with E-state index in [4.69, 9.17) is 4.74 Å². The van der Waals surface area contributed by atoms with Crippen molar-refractivity contribution in [1.82, 2.24) is 25.2 Å². The number of carbonyl (C=O) groups is 1. The van der Waals surface area contributed by atoms with Crippen molar-refractivity contribution in [3.63, 3.8) is 0 Å². The van der Waals surface area contributed by atoms with Crippen molar-refractivity contribution < 1.29 is 9.53 Å². The van der Waals surface area contributed by atoms with E-state index in [9.17, 15) is 4.79 Å². The summed E-state index contributed by atoms with van der Waals surface area (Å²) in [6.07, 6.45) is 0.312. The van der Waals surface area contributed by atoms with Gasteiger partial charge in [-0.15, -0.1) is 21.5 Å². The molecule has 0 aliphatic rings. The molecule has 0 saturated heterocycles. The van der Waals surface area contributed by atoms with Gasteiger partial charge in [-0.05, 0) is 23.1 Å². The number of nitrogens with one attached hydrogen (secondary N) is 1. The zero-order valence-electron chi connectivity index (χ0n) is 14.9. The Labute approximate surface area is 168 Å². The highest BCUT2D eigenvalue weighted by Gasteiger charge is 2.20. The van der Waals surface area contributed by atoms with Gasteiger partial charge in [-0.25, -0.2) is 9.78 Å². The molecule has 10 heteroatoms. The van der Waals surface area contributed by atoms with Crippen LogP contribution >= 0.6 is 22.7 Å². The monoisotopic (exact) mass is 412 g/mol. The second-order valence-corrected chi connectivity index (χ2v) is 7.52. The maximum absolute atomic E-state index is 12.2. The standard InChI is InChI=1S/C18H16N6O2S2/c1-2-9-24-22-16(21-23-24)15-14(12-6-4-3-5-7-12)19-17(28-15)20-18(25)26-13-8-10-27-11-13/h3-8,10-11H,2,9H2,1H3,(H,19,20,25). The summed E-state index contributed by atoms with van der Waals surface area (Å²) in [7, 11) is 0. The van der Waals surface area contributed by atoms with Crippen molar-refractivity contribution >= 4 is 33.9 Å². The smallest absolute Gasteiger partial charge is 0.409 e. The maximum Gasteiger partial charge on any atom is 0.418 e. The number of rotatable bonds is 6. The maximum atomic E-state index is 12.2. The molecule has 0 fully saturated rings. The van der Waals surface area contributed by atoms with E-state index >= 15 is 0 Å². The van der Waals surface area contributed by atoms with Gasteiger partial charge in [0.25, 0.3) is 0 Å². The van der Waals surface area contributed by atoms with Crippen molar-refractivity contribution in [3.05, 3.63) is 47.2 Å². The van der Waals surface area contributed by atoms with Gasteiger partial charge in [0, 0.05) is 10.9 Å². The lowest BCUT2D eigenvalue weighted by atomic mass is 10.1. The molecular weight excluding hydrogens is 396 g/mol. The number of hydrogen-bond acceptors (Lipinski definition) is 8. The van der Waals surface area contributed by atoms with Crippen LogP contribution in [0.2, 0.25) is 0 Å². The first-order valence-corrected chi connectivity index (χ1v) is 10.3. The molecule has 1 N–H and O–H groups in total. The van der Waals surface area contributed by atoms with Crippen LogP contribution in [0.1, 0.15) is 13.3 Å². The molecule has 1 amide bonds. The fourth-order valence-corrected chi connectivity index (χ4v) is 3.93. The lowest BCUT2D eigenvalue weighted by Gasteiger charge is -2.01. The largest absolute Gasteiger partial charge is 0.418 e. The number of aromatic nitrogens is 5. The first-order chi connectivity index (χ1) is 13.7. The molecule has 0 spiro atoms. The Balaban J connectivity index is 1.64. The lowest BCUT2D eigenvalue weighted by molar-refractivity contribution is 0.215. The highest BCUT2D eigenvalue weighted by molar-refractivity contribution is 7.19. The second kappa shape index (κ2) is 8.28. The molecule has 0 radical (unpaired) electrons. The van der Waals surface area contributed by atoms with Gasteiger partial charge in [0.2, 0.25) is 5.82 Å². The molecule has 0 bridgehead atoms. The number of thiophene rings is 1. The Morgan fingerprint density at radius 2 is 2.11 bits per heavy atom. The van der Waals surface area contributed by atoms with Crippen LogP contribution < -0.4 is 10.1 Å². The topological polar surface area (TPSA) is 94.8 Å². The number of nitrogens with zero attached hydrogens (tertiary/aromatic N) is 5. The van der Waals surface area contributed by atoms with Crippen LogP contribution in [0.15, 0.2) is 47.2 Å². The Morgan fingerprint density at radius 3 is 2.86 bits per heavy atom. The Hall–Kier alpha value is -3.11. The zero-order chi connectivity index (χ0) is 19.3. The van der Waals surface area contributed by atoms with Gasteiger partial charge in [-0.1, -0.05) is 48.6 Å². The van der Waals surface area contributed by atoms with E-state index in [0.717, 1.165) is 16.9 Å².